The van der Waals surface area contributed by atoms with E-state index in [1.54, 1.807) is 32.9 Å². The number of β-lactam (4-membered cyclic amide) rings is 1. The van der Waals surface area contributed by atoms with Crippen LogP contribution >= 0.6 is 0 Å². The Balaban J connectivity index is 2.17. The van der Waals surface area contributed by atoms with Gasteiger partial charge in [0.25, 0.3) is 11.4 Å². The highest BCUT2D eigenvalue weighted by Crippen LogP contribution is 2.39. The molecule has 0 N–H and O–H groups in total. The van der Waals surface area contributed by atoms with Gasteiger partial charge in [0.15, 0.2) is 0 Å². The fraction of sp³-hybridized carbons (Fsp3) is 0.273. The molecule has 0 spiro atoms. The van der Waals surface area contributed by atoms with E-state index in [2.05, 4.69) is 0 Å². The van der Waals surface area contributed by atoms with Gasteiger partial charge in [-0.05, 0) is 44.6 Å². The fourth-order valence-electron chi connectivity index (χ4n) is 3.38. The van der Waals surface area contributed by atoms with Gasteiger partial charge < -0.3 is 4.74 Å². The first-order valence-electron chi connectivity index (χ1n) is 9.73. The Hall–Kier alpha value is -4.08. The third-order valence-corrected chi connectivity index (χ3v) is 4.75. The molecular weight excluding hydrogens is 418 g/mol. The molecule has 2 aromatic rings. The number of hydrogen-bond acceptors (Lipinski definition) is 7. The maximum atomic E-state index is 12.7. The molecule has 10 nitrogen and oxygen atoms in total. The molecule has 0 bridgehead atoms. The van der Waals surface area contributed by atoms with E-state index in [0.717, 1.165) is 4.90 Å². The molecule has 0 radical (unpaired) electrons. The number of amides is 2. The molecule has 0 aromatic heterocycles. The quantitative estimate of drug-likeness (QED) is 0.288. The van der Waals surface area contributed by atoms with Gasteiger partial charge in [0.2, 0.25) is 5.91 Å². The van der Waals surface area contributed by atoms with Crippen LogP contribution in [0.5, 0.6) is 0 Å². The first-order chi connectivity index (χ1) is 15.0. The van der Waals surface area contributed by atoms with Crippen molar-refractivity contribution in [2.45, 2.75) is 38.8 Å². The smallest absolute Gasteiger partial charge is 0.417 e. The van der Waals surface area contributed by atoms with Crippen LogP contribution in [0.15, 0.2) is 48.5 Å². The molecule has 0 aliphatic carbocycles. The molecule has 1 heterocycles. The lowest BCUT2D eigenvalue weighted by molar-refractivity contribution is -0.385. The second-order valence-corrected chi connectivity index (χ2v) is 8.15. The van der Waals surface area contributed by atoms with Crippen LogP contribution in [0.4, 0.5) is 16.2 Å². The Morgan fingerprint density at radius 2 is 1.59 bits per heavy atom. The van der Waals surface area contributed by atoms with Gasteiger partial charge in [-0.3, -0.25) is 25.0 Å². The molecule has 0 saturated carbocycles. The van der Waals surface area contributed by atoms with Crippen LogP contribution in [0, 0.1) is 20.2 Å². The number of para-hydroxylation sites is 2. The number of imide groups is 1. The van der Waals surface area contributed by atoms with Crippen molar-refractivity contribution in [3.05, 3.63) is 79.9 Å². The standard InChI is InChI=1S/C22H21N3O7/c1-22(2,3)32-21(27)23-19(13-20(23)26)16(15-9-5-7-11-18(15)25(30)31)12-14-8-4-6-10-17(14)24(28)29/h4-12,19H,13H2,1-3H3. The van der Waals surface area contributed by atoms with E-state index >= 15 is 0 Å². The molecule has 1 atom stereocenters. The summed E-state index contributed by atoms with van der Waals surface area (Å²) in [7, 11) is 0. The van der Waals surface area contributed by atoms with Gasteiger partial charge >= 0.3 is 6.09 Å². The molecule has 1 unspecified atom stereocenters. The van der Waals surface area contributed by atoms with E-state index in [1.807, 2.05) is 0 Å². The molecule has 1 fully saturated rings. The van der Waals surface area contributed by atoms with Gasteiger partial charge in [0.1, 0.15) is 5.60 Å². The Morgan fingerprint density at radius 3 is 2.16 bits per heavy atom. The number of nitro groups is 2. The summed E-state index contributed by atoms with van der Waals surface area (Å²) < 4.78 is 5.32. The summed E-state index contributed by atoms with van der Waals surface area (Å²) in [6, 6.07) is 10.8. The van der Waals surface area contributed by atoms with E-state index in [0.29, 0.717) is 0 Å². The summed E-state index contributed by atoms with van der Waals surface area (Å²) in [5.74, 6) is -0.503. The number of ether oxygens (including phenoxy) is 1. The summed E-state index contributed by atoms with van der Waals surface area (Å²) in [5.41, 5.74) is -0.745. The first-order valence-corrected chi connectivity index (χ1v) is 9.73. The van der Waals surface area contributed by atoms with E-state index in [9.17, 15) is 29.8 Å². The third kappa shape index (κ3) is 4.64. The predicted molar refractivity (Wildman–Crippen MR) is 116 cm³/mol. The zero-order valence-corrected chi connectivity index (χ0v) is 17.7. The fourth-order valence-corrected chi connectivity index (χ4v) is 3.38. The van der Waals surface area contributed by atoms with Crippen LogP contribution in [0.25, 0.3) is 11.6 Å². The Morgan fingerprint density at radius 1 is 1.03 bits per heavy atom. The van der Waals surface area contributed by atoms with Crippen molar-refractivity contribution in [3.63, 3.8) is 0 Å². The van der Waals surface area contributed by atoms with Gasteiger partial charge in [-0.1, -0.05) is 24.3 Å². The Labute approximate surface area is 183 Å². The molecule has 32 heavy (non-hydrogen) atoms. The first kappa shape index (κ1) is 22.6. The van der Waals surface area contributed by atoms with Crippen LogP contribution in [-0.4, -0.2) is 38.4 Å². The predicted octanol–water partition coefficient (Wildman–Crippen LogP) is 4.58. The highest BCUT2D eigenvalue weighted by molar-refractivity contribution is 6.05. The van der Waals surface area contributed by atoms with Gasteiger partial charge in [-0.25, -0.2) is 9.69 Å². The van der Waals surface area contributed by atoms with E-state index in [1.165, 1.54) is 42.5 Å². The molecule has 166 valence electrons. The van der Waals surface area contributed by atoms with Gasteiger partial charge in [-0.15, -0.1) is 0 Å². The van der Waals surface area contributed by atoms with Gasteiger partial charge in [0, 0.05) is 12.1 Å². The lowest BCUT2D eigenvalue weighted by Crippen LogP contribution is -2.57. The zero-order chi connectivity index (χ0) is 23.6. The minimum Gasteiger partial charge on any atom is -0.443 e. The zero-order valence-electron chi connectivity index (χ0n) is 17.7. The van der Waals surface area contributed by atoms with Crippen molar-refractivity contribution in [1.82, 2.24) is 4.90 Å². The number of carbonyl (C=O) groups excluding carboxylic acids is 2. The molecular formula is C22H21N3O7. The molecule has 2 aromatic carbocycles. The summed E-state index contributed by atoms with van der Waals surface area (Å²) in [5, 5.41) is 23.1. The monoisotopic (exact) mass is 439 g/mol. The number of benzene rings is 2. The number of nitrogens with zero attached hydrogens (tertiary/aromatic N) is 3. The topological polar surface area (TPSA) is 133 Å². The molecule has 1 aliphatic rings. The number of likely N-dealkylation sites (tertiary alicyclic amines) is 1. The van der Waals surface area contributed by atoms with Crippen LogP contribution < -0.4 is 0 Å². The number of nitro benzene ring substituents is 2. The average molecular weight is 439 g/mol. The minimum atomic E-state index is -0.884. The number of rotatable bonds is 5. The van der Waals surface area contributed by atoms with E-state index in [4.69, 9.17) is 4.74 Å². The number of hydrogen-bond donors (Lipinski definition) is 0. The average Bonchev–Trinajstić information content (AvgIpc) is 2.69. The van der Waals surface area contributed by atoms with Crippen molar-refractivity contribution in [3.8, 4) is 0 Å². The van der Waals surface area contributed by atoms with Crippen molar-refractivity contribution in [2.24, 2.45) is 0 Å². The molecule has 10 heteroatoms. The normalized spacial score (nSPS) is 16.3. The second-order valence-electron chi connectivity index (χ2n) is 8.15. The van der Waals surface area contributed by atoms with E-state index in [-0.39, 0.29) is 34.5 Å². The van der Waals surface area contributed by atoms with Crippen LogP contribution in [0.1, 0.15) is 38.3 Å². The van der Waals surface area contributed by atoms with Crippen molar-refractivity contribution in [1.29, 1.82) is 0 Å². The summed E-state index contributed by atoms with van der Waals surface area (Å²) in [6.45, 7) is 4.95. The lowest BCUT2D eigenvalue weighted by atomic mass is 9.87. The van der Waals surface area contributed by atoms with Crippen LogP contribution in [-0.2, 0) is 9.53 Å². The Kier molecular flexibility index (Phi) is 6.06. The molecule has 2 amide bonds. The van der Waals surface area contributed by atoms with Gasteiger partial charge in [0.05, 0.1) is 33.4 Å². The highest BCUT2D eigenvalue weighted by Gasteiger charge is 2.46. The minimum absolute atomic E-state index is 0.0994. The Bertz CT molecular complexity index is 1130. The molecule has 1 aliphatic heterocycles. The maximum absolute atomic E-state index is 12.7. The molecule has 3 rings (SSSR count). The maximum Gasteiger partial charge on any atom is 0.417 e. The summed E-state index contributed by atoms with van der Waals surface area (Å²) in [6.07, 6.45) is 0.429. The van der Waals surface area contributed by atoms with E-state index < -0.39 is 33.5 Å². The molecule has 1 saturated heterocycles. The number of carbonyl (C=O) groups is 2. The van der Waals surface area contributed by atoms with Crippen LogP contribution in [0.3, 0.4) is 0 Å². The van der Waals surface area contributed by atoms with Gasteiger partial charge in [-0.2, -0.15) is 0 Å². The van der Waals surface area contributed by atoms with Crippen molar-refractivity contribution >= 4 is 35.0 Å². The summed E-state index contributed by atoms with van der Waals surface area (Å²) in [4.78, 5) is 47.8. The largest absolute Gasteiger partial charge is 0.443 e. The summed E-state index contributed by atoms with van der Waals surface area (Å²) >= 11 is 0. The second kappa shape index (κ2) is 8.58. The SMILES string of the molecule is CC(C)(C)OC(=O)N1C(=O)CC1C(=Cc1ccccc1[N+](=O)[O-])c1ccccc1[N+](=O)[O-]. The third-order valence-electron chi connectivity index (χ3n) is 4.75. The van der Waals surface area contributed by atoms with Crippen molar-refractivity contribution < 1.29 is 24.2 Å². The van der Waals surface area contributed by atoms with Crippen molar-refractivity contribution in [2.75, 3.05) is 0 Å². The lowest BCUT2D eigenvalue weighted by Gasteiger charge is -2.40. The highest BCUT2D eigenvalue weighted by atomic mass is 16.6. The van der Waals surface area contributed by atoms with Crippen LogP contribution in [0.2, 0.25) is 0 Å².